The van der Waals surface area contributed by atoms with Crippen molar-refractivity contribution in [1.82, 2.24) is 10.0 Å². The first-order chi connectivity index (χ1) is 13.2. The third-order valence-corrected chi connectivity index (χ3v) is 7.94. The van der Waals surface area contributed by atoms with Crippen molar-refractivity contribution in [3.05, 3.63) is 0 Å². The van der Waals surface area contributed by atoms with Gasteiger partial charge in [0, 0.05) is 6.54 Å². The third-order valence-electron chi connectivity index (χ3n) is 7.25. The standard InChI is InChI=1S/C19H36BN3O5S/c1-11(2)7-16(23-17(24)13(21)10-22-29(6,25)26)20-27-15-9-12-8-14(18(12,3)4)19(15,5)28-20/h11-16,22H,7-10,21H2,1-6H3,(H,23,24)/t12-,13-,14-,15+,16-,19-/m0/s1. The fraction of sp³-hybridized carbons (Fsp3) is 0.947. The molecule has 2 bridgehead atoms. The zero-order valence-electron chi connectivity index (χ0n) is 18.4. The Balaban J connectivity index is 1.67. The molecule has 0 aromatic heterocycles. The van der Waals surface area contributed by atoms with Crippen molar-refractivity contribution in [3.8, 4) is 0 Å². The number of rotatable bonds is 8. The molecule has 3 aliphatic carbocycles. The van der Waals surface area contributed by atoms with E-state index in [9.17, 15) is 13.2 Å². The Morgan fingerprint density at radius 1 is 1.28 bits per heavy atom. The van der Waals surface area contributed by atoms with Crippen LogP contribution in [0.5, 0.6) is 0 Å². The molecular weight excluding hydrogens is 393 g/mol. The monoisotopic (exact) mass is 429 g/mol. The number of amides is 1. The lowest BCUT2D eigenvalue weighted by atomic mass is 9.43. The molecule has 3 saturated carbocycles. The Kier molecular flexibility index (Phi) is 6.17. The maximum atomic E-state index is 12.6. The van der Waals surface area contributed by atoms with Crippen molar-refractivity contribution in [2.75, 3.05) is 12.8 Å². The molecule has 1 heterocycles. The Hall–Kier alpha value is -0.675. The fourth-order valence-electron chi connectivity index (χ4n) is 5.44. The molecule has 4 aliphatic rings. The maximum absolute atomic E-state index is 12.6. The average Bonchev–Trinajstić information content (AvgIpc) is 2.94. The molecule has 0 unspecified atom stereocenters. The molecule has 4 rings (SSSR count). The smallest absolute Gasteiger partial charge is 0.404 e. The molecule has 1 amide bonds. The minimum absolute atomic E-state index is 0.0383. The Labute approximate surface area is 175 Å². The summed E-state index contributed by atoms with van der Waals surface area (Å²) in [5.41, 5.74) is 5.79. The minimum Gasteiger partial charge on any atom is -0.404 e. The zero-order chi connectivity index (χ0) is 21.8. The second kappa shape index (κ2) is 7.78. The SMILES string of the molecule is CC(C)C[C@H](NC(=O)[C@@H](N)CNS(C)(=O)=O)B1O[C@@H]2C[C@@H]3C[C@@H](C3(C)C)[C@]2(C)O1. The Morgan fingerprint density at radius 3 is 2.48 bits per heavy atom. The quantitative estimate of drug-likeness (QED) is 0.488. The predicted octanol–water partition coefficient (Wildman–Crippen LogP) is 0.661. The second-order valence-corrected chi connectivity index (χ2v) is 12.1. The molecule has 0 radical (unpaired) electrons. The van der Waals surface area contributed by atoms with Crippen LogP contribution in [0.4, 0.5) is 0 Å². The van der Waals surface area contributed by atoms with E-state index in [0.29, 0.717) is 24.2 Å². The van der Waals surface area contributed by atoms with Crippen LogP contribution in [-0.4, -0.2) is 57.9 Å². The number of nitrogens with two attached hydrogens (primary N) is 1. The summed E-state index contributed by atoms with van der Waals surface area (Å²) in [5, 5.41) is 2.95. The molecule has 166 valence electrons. The van der Waals surface area contributed by atoms with Gasteiger partial charge in [-0.25, -0.2) is 13.1 Å². The molecular formula is C19H36BN3O5S. The molecule has 6 atom stereocenters. The van der Waals surface area contributed by atoms with Crippen molar-refractivity contribution in [3.63, 3.8) is 0 Å². The number of hydrogen-bond donors (Lipinski definition) is 3. The predicted molar refractivity (Wildman–Crippen MR) is 112 cm³/mol. The van der Waals surface area contributed by atoms with E-state index >= 15 is 0 Å². The Bertz CT molecular complexity index is 746. The molecule has 10 heteroatoms. The van der Waals surface area contributed by atoms with Crippen LogP contribution < -0.4 is 15.8 Å². The first kappa shape index (κ1) is 23.0. The van der Waals surface area contributed by atoms with Crippen LogP contribution >= 0.6 is 0 Å². The van der Waals surface area contributed by atoms with Crippen molar-refractivity contribution < 1.29 is 22.5 Å². The van der Waals surface area contributed by atoms with Gasteiger partial charge in [-0.2, -0.15) is 0 Å². The van der Waals surface area contributed by atoms with Gasteiger partial charge in [-0.1, -0.05) is 27.7 Å². The van der Waals surface area contributed by atoms with Gasteiger partial charge >= 0.3 is 7.12 Å². The highest BCUT2D eigenvalue weighted by Crippen LogP contribution is 2.65. The summed E-state index contributed by atoms with van der Waals surface area (Å²) in [7, 11) is -3.94. The minimum atomic E-state index is -3.41. The fourth-order valence-corrected chi connectivity index (χ4v) is 5.92. The number of sulfonamides is 1. The van der Waals surface area contributed by atoms with Gasteiger partial charge in [0.05, 0.1) is 29.9 Å². The maximum Gasteiger partial charge on any atom is 0.481 e. The average molecular weight is 429 g/mol. The van der Waals surface area contributed by atoms with Gasteiger partial charge in [0.2, 0.25) is 15.9 Å². The van der Waals surface area contributed by atoms with E-state index in [1.807, 2.05) is 0 Å². The molecule has 1 saturated heterocycles. The van der Waals surface area contributed by atoms with Gasteiger partial charge in [0.15, 0.2) is 0 Å². The van der Waals surface area contributed by atoms with E-state index in [1.165, 1.54) is 6.42 Å². The third kappa shape index (κ3) is 4.51. The summed E-state index contributed by atoms with van der Waals surface area (Å²) in [6.45, 7) is 10.8. The molecule has 4 N–H and O–H groups in total. The normalized spacial score (nSPS) is 35.0. The highest BCUT2D eigenvalue weighted by molar-refractivity contribution is 7.88. The molecule has 0 aromatic rings. The van der Waals surface area contributed by atoms with E-state index < -0.39 is 29.1 Å². The summed E-state index contributed by atoms with van der Waals surface area (Å²) >= 11 is 0. The first-order valence-electron chi connectivity index (χ1n) is 10.6. The van der Waals surface area contributed by atoms with Crippen LogP contribution in [0.2, 0.25) is 0 Å². The lowest BCUT2D eigenvalue weighted by molar-refractivity contribution is -0.199. The lowest BCUT2D eigenvalue weighted by Gasteiger charge is -2.64. The number of hydrogen-bond acceptors (Lipinski definition) is 6. The summed E-state index contributed by atoms with van der Waals surface area (Å²) < 4.78 is 37.6. The van der Waals surface area contributed by atoms with Gasteiger partial charge in [0.25, 0.3) is 0 Å². The summed E-state index contributed by atoms with van der Waals surface area (Å²) in [4.78, 5) is 12.6. The van der Waals surface area contributed by atoms with E-state index in [1.54, 1.807) is 0 Å². The summed E-state index contributed by atoms with van der Waals surface area (Å²) in [5.74, 6) is 0.665. The van der Waals surface area contributed by atoms with Crippen molar-refractivity contribution in [2.24, 2.45) is 28.9 Å². The van der Waals surface area contributed by atoms with Crippen molar-refractivity contribution in [1.29, 1.82) is 0 Å². The largest absolute Gasteiger partial charge is 0.481 e. The molecule has 4 fully saturated rings. The lowest BCUT2D eigenvalue weighted by Crippen LogP contribution is -2.65. The van der Waals surface area contributed by atoms with Crippen LogP contribution in [0.3, 0.4) is 0 Å². The van der Waals surface area contributed by atoms with Gasteiger partial charge in [-0.05, 0) is 49.4 Å². The first-order valence-corrected chi connectivity index (χ1v) is 12.5. The zero-order valence-corrected chi connectivity index (χ0v) is 19.2. The van der Waals surface area contributed by atoms with Crippen molar-refractivity contribution >= 4 is 23.0 Å². The van der Waals surface area contributed by atoms with E-state index in [-0.39, 0.29) is 29.6 Å². The van der Waals surface area contributed by atoms with Gasteiger partial charge in [-0.3, -0.25) is 4.79 Å². The second-order valence-electron chi connectivity index (χ2n) is 10.3. The Morgan fingerprint density at radius 2 is 1.93 bits per heavy atom. The van der Waals surface area contributed by atoms with E-state index in [0.717, 1.165) is 12.7 Å². The van der Waals surface area contributed by atoms with Crippen LogP contribution in [0.25, 0.3) is 0 Å². The summed E-state index contributed by atoms with van der Waals surface area (Å²) in [6.07, 6.45) is 3.91. The highest BCUT2D eigenvalue weighted by Gasteiger charge is 2.68. The highest BCUT2D eigenvalue weighted by atomic mass is 32.2. The topological polar surface area (TPSA) is 120 Å². The van der Waals surface area contributed by atoms with Gasteiger partial charge in [0.1, 0.15) is 0 Å². The molecule has 0 aromatic carbocycles. The summed E-state index contributed by atoms with van der Waals surface area (Å²) in [6, 6.07) is -0.981. The number of nitrogens with one attached hydrogen (secondary N) is 2. The van der Waals surface area contributed by atoms with Crippen LogP contribution in [0, 0.1) is 23.2 Å². The van der Waals surface area contributed by atoms with Gasteiger partial charge < -0.3 is 20.4 Å². The molecule has 0 spiro atoms. The van der Waals surface area contributed by atoms with Crippen LogP contribution in [0.15, 0.2) is 0 Å². The van der Waals surface area contributed by atoms with Crippen LogP contribution in [-0.2, 0) is 24.1 Å². The number of carbonyl (C=O) groups is 1. The molecule has 8 nitrogen and oxygen atoms in total. The van der Waals surface area contributed by atoms with Crippen molar-refractivity contribution in [2.45, 2.75) is 77.6 Å². The number of carbonyl (C=O) groups excluding carboxylic acids is 1. The van der Waals surface area contributed by atoms with E-state index in [4.69, 9.17) is 15.0 Å². The van der Waals surface area contributed by atoms with E-state index in [2.05, 4.69) is 44.7 Å². The van der Waals surface area contributed by atoms with Crippen LogP contribution in [0.1, 0.15) is 53.9 Å². The molecule has 1 aliphatic heterocycles. The molecule has 29 heavy (non-hydrogen) atoms. The van der Waals surface area contributed by atoms with Gasteiger partial charge in [-0.15, -0.1) is 0 Å².